The van der Waals surface area contributed by atoms with Crippen LogP contribution in [0.4, 0.5) is 5.69 Å². The molecule has 2 amide bonds. The molecule has 1 N–H and O–H groups in total. The predicted octanol–water partition coefficient (Wildman–Crippen LogP) is 6.45. The number of sulfonamides is 1. The van der Waals surface area contributed by atoms with Crippen molar-refractivity contribution < 1.29 is 22.7 Å². The lowest BCUT2D eigenvalue weighted by molar-refractivity contribution is -0.140. The van der Waals surface area contributed by atoms with E-state index < -0.39 is 28.5 Å². The maximum atomic E-state index is 14.2. The Kier molecular flexibility index (Phi) is 11.3. The van der Waals surface area contributed by atoms with Crippen molar-refractivity contribution in [1.29, 1.82) is 0 Å². The quantitative estimate of drug-likeness (QED) is 0.244. The first kappa shape index (κ1) is 32.6. The molecule has 0 saturated heterocycles. The van der Waals surface area contributed by atoms with Crippen LogP contribution in [0.5, 0.6) is 5.75 Å². The molecule has 230 valence electrons. The summed E-state index contributed by atoms with van der Waals surface area (Å²) in [5, 5.41) is 4.00. The molecule has 1 saturated carbocycles. The first-order valence-electron chi connectivity index (χ1n) is 14.4. The molecule has 0 heterocycles. The van der Waals surface area contributed by atoms with Gasteiger partial charge in [-0.05, 0) is 79.4 Å². The molecule has 1 fully saturated rings. The maximum absolute atomic E-state index is 14.2. The molecule has 0 bridgehead atoms. The highest BCUT2D eigenvalue weighted by molar-refractivity contribution is 7.92. The maximum Gasteiger partial charge on any atom is 0.264 e. The molecule has 0 spiro atoms. The van der Waals surface area contributed by atoms with E-state index in [0.29, 0.717) is 22.2 Å². The number of hydrogen-bond acceptors (Lipinski definition) is 5. The molecular formula is C32H37Cl2N3O5S. The lowest BCUT2D eigenvalue weighted by atomic mass is 9.95. The van der Waals surface area contributed by atoms with Crippen LogP contribution in [-0.4, -0.2) is 50.9 Å². The average Bonchev–Trinajstić information content (AvgIpc) is 3.01. The molecule has 0 unspecified atom stereocenters. The molecule has 11 heteroatoms. The van der Waals surface area contributed by atoms with E-state index in [2.05, 4.69) is 5.32 Å². The Morgan fingerprint density at radius 3 is 2.23 bits per heavy atom. The van der Waals surface area contributed by atoms with Crippen LogP contribution in [0.2, 0.25) is 10.0 Å². The molecule has 43 heavy (non-hydrogen) atoms. The smallest absolute Gasteiger partial charge is 0.264 e. The van der Waals surface area contributed by atoms with Crippen molar-refractivity contribution >= 4 is 50.7 Å². The highest BCUT2D eigenvalue weighted by Crippen LogP contribution is 2.28. The molecule has 0 aliphatic heterocycles. The van der Waals surface area contributed by atoms with Gasteiger partial charge in [0.05, 0.1) is 17.7 Å². The summed E-state index contributed by atoms with van der Waals surface area (Å²) in [6.07, 6.45) is 5.39. The van der Waals surface area contributed by atoms with Crippen LogP contribution in [0.3, 0.4) is 0 Å². The largest absolute Gasteiger partial charge is 0.497 e. The molecule has 3 aromatic rings. The van der Waals surface area contributed by atoms with Gasteiger partial charge in [-0.2, -0.15) is 0 Å². The van der Waals surface area contributed by atoms with Gasteiger partial charge in [0, 0.05) is 22.6 Å². The van der Waals surface area contributed by atoms with Gasteiger partial charge in [0.2, 0.25) is 11.8 Å². The van der Waals surface area contributed by atoms with Crippen LogP contribution >= 0.6 is 23.2 Å². The van der Waals surface area contributed by atoms with Crippen molar-refractivity contribution in [2.45, 2.75) is 69.0 Å². The number of nitrogens with one attached hydrogen (secondary N) is 1. The van der Waals surface area contributed by atoms with E-state index in [4.69, 9.17) is 27.9 Å². The number of nitrogens with zero attached hydrogens (tertiary/aromatic N) is 2. The summed E-state index contributed by atoms with van der Waals surface area (Å²) in [5.41, 5.74) is 0.983. The van der Waals surface area contributed by atoms with Crippen LogP contribution in [-0.2, 0) is 26.2 Å². The van der Waals surface area contributed by atoms with Crippen molar-refractivity contribution in [3.05, 3.63) is 88.4 Å². The summed E-state index contributed by atoms with van der Waals surface area (Å²) >= 11 is 12.4. The number of anilines is 1. The predicted molar refractivity (Wildman–Crippen MR) is 170 cm³/mol. The molecule has 3 aromatic carbocycles. The molecular weight excluding hydrogens is 609 g/mol. The highest BCUT2D eigenvalue weighted by Gasteiger charge is 2.34. The van der Waals surface area contributed by atoms with Gasteiger partial charge < -0.3 is 15.0 Å². The van der Waals surface area contributed by atoms with E-state index >= 15 is 0 Å². The monoisotopic (exact) mass is 645 g/mol. The van der Waals surface area contributed by atoms with Gasteiger partial charge in [0.25, 0.3) is 10.0 Å². The molecule has 1 aliphatic rings. The molecule has 1 atom stereocenters. The van der Waals surface area contributed by atoms with Gasteiger partial charge in [-0.1, -0.05) is 67.6 Å². The van der Waals surface area contributed by atoms with Crippen molar-refractivity contribution in [3.8, 4) is 5.75 Å². The summed E-state index contributed by atoms with van der Waals surface area (Å²) in [6, 6.07) is 18.5. The Bertz CT molecular complexity index is 1490. The number of benzene rings is 3. The molecule has 8 nitrogen and oxygen atoms in total. The minimum atomic E-state index is -4.22. The second-order valence-electron chi connectivity index (χ2n) is 10.6. The number of hydrogen-bond donors (Lipinski definition) is 1. The Hall–Kier alpha value is -3.27. The first-order valence-corrected chi connectivity index (χ1v) is 16.6. The van der Waals surface area contributed by atoms with Crippen LogP contribution in [0.1, 0.15) is 51.0 Å². The standard InChI is InChI=1S/C32H37Cl2N3O5S/c1-3-30(32(39)35-26-9-5-4-6-10-26)36(21-23-12-14-24(33)15-13-23)31(38)22-37(27-11-7-8-25(34)20-27)43(40,41)29-18-16-28(42-2)17-19-29/h7-8,11-20,26,30H,3-6,9-10,21-22H2,1-2H3,(H,35,39)/t30-/m1/s1. The Labute approximate surface area is 264 Å². The number of carbonyl (C=O) groups is 2. The van der Waals surface area contributed by atoms with E-state index in [0.717, 1.165) is 42.0 Å². The van der Waals surface area contributed by atoms with E-state index in [-0.39, 0.29) is 29.1 Å². The first-order chi connectivity index (χ1) is 20.6. The van der Waals surface area contributed by atoms with E-state index in [1.54, 1.807) is 54.6 Å². The zero-order valence-corrected chi connectivity index (χ0v) is 26.7. The Morgan fingerprint density at radius 1 is 0.953 bits per heavy atom. The number of rotatable bonds is 12. The summed E-state index contributed by atoms with van der Waals surface area (Å²) < 4.78 is 34.2. The van der Waals surface area contributed by atoms with Crippen molar-refractivity contribution in [2.24, 2.45) is 0 Å². The van der Waals surface area contributed by atoms with Gasteiger partial charge in [0.15, 0.2) is 0 Å². The van der Waals surface area contributed by atoms with Gasteiger partial charge >= 0.3 is 0 Å². The van der Waals surface area contributed by atoms with Crippen molar-refractivity contribution in [1.82, 2.24) is 10.2 Å². The number of halogens is 2. The normalized spacial score (nSPS) is 14.5. The fourth-order valence-electron chi connectivity index (χ4n) is 5.29. The third-order valence-electron chi connectivity index (χ3n) is 7.63. The summed E-state index contributed by atoms with van der Waals surface area (Å²) in [7, 11) is -2.73. The van der Waals surface area contributed by atoms with Crippen LogP contribution < -0.4 is 14.4 Å². The van der Waals surface area contributed by atoms with Gasteiger partial charge in [-0.15, -0.1) is 0 Å². The van der Waals surface area contributed by atoms with Crippen molar-refractivity contribution in [2.75, 3.05) is 18.0 Å². The number of methoxy groups -OCH3 is 1. The Balaban J connectivity index is 1.70. The summed E-state index contributed by atoms with van der Waals surface area (Å²) in [6.45, 7) is 1.39. The van der Waals surface area contributed by atoms with Gasteiger partial charge in [0.1, 0.15) is 18.3 Å². The fraction of sp³-hybridized carbons (Fsp3) is 0.375. The molecule has 0 aromatic heterocycles. The van der Waals surface area contributed by atoms with Gasteiger partial charge in [-0.25, -0.2) is 8.42 Å². The van der Waals surface area contributed by atoms with Crippen LogP contribution in [0, 0.1) is 0 Å². The lowest BCUT2D eigenvalue weighted by Crippen LogP contribution is -2.54. The number of ether oxygens (including phenoxy) is 1. The van der Waals surface area contributed by atoms with E-state index in [1.807, 2.05) is 6.92 Å². The zero-order chi connectivity index (χ0) is 31.0. The van der Waals surface area contributed by atoms with E-state index in [9.17, 15) is 18.0 Å². The molecule has 4 rings (SSSR count). The lowest BCUT2D eigenvalue weighted by Gasteiger charge is -2.34. The minimum Gasteiger partial charge on any atom is -0.497 e. The third kappa shape index (κ3) is 8.43. The number of amides is 2. The van der Waals surface area contributed by atoms with Crippen molar-refractivity contribution in [3.63, 3.8) is 0 Å². The van der Waals surface area contributed by atoms with Crippen LogP contribution in [0.15, 0.2) is 77.7 Å². The van der Waals surface area contributed by atoms with Crippen LogP contribution in [0.25, 0.3) is 0 Å². The van der Waals surface area contributed by atoms with Gasteiger partial charge in [-0.3, -0.25) is 13.9 Å². The molecule has 1 aliphatic carbocycles. The fourth-order valence-corrected chi connectivity index (χ4v) is 7.00. The second-order valence-corrected chi connectivity index (χ2v) is 13.3. The van der Waals surface area contributed by atoms with E-state index in [1.165, 1.54) is 30.2 Å². The SMILES string of the molecule is CC[C@H](C(=O)NC1CCCCC1)N(Cc1ccc(Cl)cc1)C(=O)CN(c1cccc(Cl)c1)S(=O)(=O)c1ccc(OC)cc1. The Morgan fingerprint density at radius 2 is 1.63 bits per heavy atom. The summed E-state index contributed by atoms with van der Waals surface area (Å²) in [4.78, 5) is 29.3. The zero-order valence-electron chi connectivity index (χ0n) is 24.3. The highest BCUT2D eigenvalue weighted by atomic mass is 35.5. The molecule has 0 radical (unpaired) electrons. The second kappa shape index (κ2) is 14.9. The summed E-state index contributed by atoms with van der Waals surface area (Å²) in [5.74, 6) is -0.282. The third-order valence-corrected chi connectivity index (χ3v) is 9.90. The topological polar surface area (TPSA) is 96.0 Å². The minimum absolute atomic E-state index is 0.0209. The number of carbonyl (C=O) groups excluding carboxylic acids is 2. The average molecular weight is 647 g/mol.